The van der Waals surface area contributed by atoms with E-state index in [4.69, 9.17) is 4.98 Å². The minimum Gasteiger partial charge on any atom is -0.340 e. The summed E-state index contributed by atoms with van der Waals surface area (Å²) in [4.78, 5) is 37.1. The summed E-state index contributed by atoms with van der Waals surface area (Å²) in [5.74, 6) is 0.786. The number of hydrogen-bond acceptors (Lipinski definition) is 5. The maximum absolute atomic E-state index is 12.8. The van der Waals surface area contributed by atoms with Crippen molar-refractivity contribution in [3.8, 4) is 0 Å². The molecule has 1 aliphatic heterocycles. The van der Waals surface area contributed by atoms with Crippen LogP contribution in [0.5, 0.6) is 0 Å². The number of benzene rings is 2. The summed E-state index contributed by atoms with van der Waals surface area (Å²) >= 11 is 0. The topological polar surface area (TPSA) is 79.2 Å². The van der Waals surface area contributed by atoms with E-state index in [9.17, 15) is 9.59 Å². The SMILES string of the molecule is Cn1c(=O)[nH]c(=O)c2c1nc(N1CCN(CCCc3ccccc3)CC1)n2CCCc1ccccc1. The summed E-state index contributed by atoms with van der Waals surface area (Å²) < 4.78 is 3.45. The summed E-state index contributed by atoms with van der Waals surface area (Å²) in [6.45, 7) is 5.34. The number of anilines is 1. The standard InChI is InChI=1S/C28H34N6O2/c1-31-25-24(26(35)30-28(31)36)34(17-9-15-23-12-6-3-7-13-23)27(29-25)33-20-18-32(19-21-33)16-8-14-22-10-4-2-5-11-22/h2-7,10-13H,8-9,14-21H2,1H3,(H,30,35,36). The van der Waals surface area contributed by atoms with Gasteiger partial charge in [0.15, 0.2) is 11.2 Å². The third kappa shape index (κ3) is 5.28. The van der Waals surface area contributed by atoms with E-state index in [2.05, 4.69) is 57.2 Å². The zero-order chi connectivity index (χ0) is 24.9. The van der Waals surface area contributed by atoms with E-state index < -0.39 is 5.69 Å². The molecule has 0 saturated carbocycles. The molecule has 0 atom stereocenters. The van der Waals surface area contributed by atoms with Gasteiger partial charge in [0, 0.05) is 39.8 Å². The second-order valence-electron chi connectivity index (χ2n) is 9.56. The molecule has 0 aliphatic carbocycles. The molecule has 0 amide bonds. The van der Waals surface area contributed by atoms with E-state index in [0.29, 0.717) is 17.7 Å². The Morgan fingerprint density at radius 2 is 1.39 bits per heavy atom. The lowest BCUT2D eigenvalue weighted by Gasteiger charge is -2.35. The minimum absolute atomic E-state index is 0.369. The van der Waals surface area contributed by atoms with Crippen LogP contribution in [0.3, 0.4) is 0 Å². The quantitative estimate of drug-likeness (QED) is 0.394. The van der Waals surface area contributed by atoms with Gasteiger partial charge < -0.3 is 9.47 Å². The number of fused-ring (bicyclic) bond motifs is 1. The molecule has 8 nitrogen and oxygen atoms in total. The number of nitrogens with one attached hydrogen (secondary N) is 1. The van der Waals surface area contributed by atoms with Gasteiger partial charge in [-0.2, -0.15) is 4.98 Å². The highest BCUT2D eigenvalue weighted by Crippen LogP contribution is 2.22. The van der Waals surface area contributed by atoms with E-state index in [-0.39, 0.29) is 5.56 Å². The van der Waals surface area contributed by atoms with E-state index in [1.165, 1.54) is 15.7 Å². The second kappa shape index (κ2) is 11.0. The summed E-state index contributed by atoms with van der Waals surface area (Å²) in [6, 6.07) is 21.0. The Bertz CT molecular complexity index is 1400. The van der Waals surface area contributed by atoms with Crippen molar-refractivity contribution < 1.29 is 0 Å². The molecular weight excluding hydrogens is 452 g/mol. The number of rotatable bonds is 9. The van der Waals surface area contributed by atoms with E-state index in [0.717, 1.165) is 64.4 Å². The number of hydrogen-bond donors (Lipinski definition) is 1. The Morgan fingerprint density at radius 3 is 2.00 bits per heavy atom. The maximum atomic E-state index is 12.8. The van der Waals surface area contributed by atoms with Gasteiger partial charge in [0.25, 0.3) is 5.56 Å². The molecule has 1 N–H and O–H groups in total. The van der Waals surface area contributed by atoms with Crippen LogP contribution in [0.4, 0.5) is 5.95 Å². The van der Waals surface area contributed by atoms with Gasteiger partial charge in [0.1, 0.15) is 0 Å². The van der Waals surface area contributed by atoms with Crippen LogP contribution in [0.25, 0.3) is 11.2 Å². The van der Waals surface area contributed by atoms with Crippen LogP contribution in [0.1, 0.15) is 24.0 Å². The van der Waals surface area contributed by atoms with E-state index in [1.807, 2.05) is 22.8 Å². The molecule has 5 rings (SSSR count). The molecule has 0 spiro atoms. The Balaban J connectivity index is 1.30. The molecule has 0 bridgehead atoms. The van der Waals surface area contributed by atoms with Crippen molar-refractivity contribution in [3.05, 3.63) is 92.6 Å². The van der Waals surface area contributed by atoms with Crippen molar-refractivity contribution >= 4 is 17.1 Å². The van der Waals surface area contributed by atoms with Crippen molar-refractivity contribution in [3.63, 3.8) is 0 Å². The van der Waals surface area contributed by atoms with Crippen LogP contribution < -0.4 is 16.1 Å². The molecule has 1 saturated heterocycles. The fraction of sp³-hybridized carbons (Fsp3) is 0.393. The predicted octanol–water partition coefficient (Wildman–Crippen LogP) is 2.81. The monoisotopic (exact) mass is 486 g/mol. The lowest BCUT2D eigenvalue weighted by molar-refractivity contribution is 0.253. The van der Waals surface area contributed by atoms with Gasteiger partial charge in [-0.15, -0.1) is 0 Å². The fourth-order valence-corrected chi connectivity index (χ4v) is 5.09. The van der Waals surface area contributed by atoms with Crippen LogP contribution in [0.2, 0.25) is 0 Å². The first-order valence-corrected chi connectivity index (χ1v) is 12.8. The summed E-state index contributed by atoms with van der Waals surface area (Å²) in [7, 11) is 1.66. The van der Waals surface area contributed by atoms with Gasteiger partial charge in [0.2, 0.25) is 5.95 Å². The zero-order valence-electron chi connectivity index (χ0n) is 20.9. The molecule has 2 aromatic carbocycles. The molecule has 8 heteroatoms. The number of aromatic nitrogens is 4. The highest BCUT2D eigenvalue weighted by atomic mass is 16.2. The van der Waals surface area contributed by atoms with Gasteiger partial charge in [-0.1, -0.05) is 60.7 Å². The molecule has 36 heavy (non-hydrogen) atoms. The number of nitrogens with zero attached hydrogens (tertiary/aromatic N) is 5. The highest BCUT2D eigenvalue weighted by molar-refractivity contribution is 5.74. The molecule has 0 radical (unpaired) electrons. The third-order valence-electron chi connectivity index (χ3n) is 7.11. The molecule has 4 aromatic rings. The Morgan fingerprint density at radius 1 is 0.806 bits per heavy atom. The van der Waals surface area contributed by atoms with E-state index >= 15 is 0 Å². The average Bonchev–Trinajstić information content (AvgIpc) is 3.29. The molecule has 0 unspecified atom stereocenters. The predicted molar refractivity (Wildman–Crippen MR) is 144 cm³/mol. The number of H-pyrrole nitrogens is 1. The Kier molecular flexibility index (Phi) is 7.32. The average molecular weight is 487 g/mol. The van der Waals surface area contributed by atoms with Crippen molar-refractivity contribution in [1.82, 2.24) is 24.0 Å². The van der Waals surface area contributed by atoms with Gasteiger partial charge >= 0.3 is 5.69 Å². The van der Waals surface area contributed by atoms with Gasteiger partial charge in [0.05, 0.1) is 0 Å². The van der Waals surface area contributed by atoms with Gasteiger partial charge in [-0.25, -0.2) is 4.79 Å². The lowest BCUT2D eigenvalue weighted by atomic mass is 10.1. The zero-order valence-corrected chi connectivity index (χ0v) is 20.9. The minimum atomic E-state index is -0.434. The molecule has 1 aliphatic rings. The molecular formula is C28H34N6O2. The van der Waals surface area contributed by atoms with Crippen molar-refractivity contribution in [2.24, 2.45) is 7.05 Å². The van der Waals surface area contributed by atoms with Crippen LogP contribution >= 0.6 is 0 Å². The van der Waals surface area contributed by atoms with Crippen LogP contribution in [0.15, 0.2) is 70.3 Å². The second-order valence-corrected chi connectivity index (χ2v) is 9.56. The number of piperazine rings is 1. The first-order chi connectivity index (χ1) is 17.6. The van der Waals surface area contributed by atoms with Gasteiger partial charge in [-0.05, 0) is 43.4 Å². The lowest BCUT2D eigenvalue weighted by Crippen LogP contribution is -2.47. The fourth-order valence-electron chi connectivity index (χ4n) is 5.09. The number of aryl methyl sites for hydroxylation is 4. The van der Waals surface area contributed by atoms with E-state index in [1.54, 1.807) is 7.05 Å². The number of aromatic amines is 1. The van der Waals surface area contributed by atoms with Crippen LogP contribution in [0, 0.1) is 0 Å². The molecule has 2 aromatic heterocycles. The van der Waals surface area contributed by atoms with Gasteiger partial charge in [-0.3, -0.25) is 19.2 Å². The Hall–Kier alpha value is -3.65. The summed E-state index contributed by atoms with van der Waals surface area (Å²) in [5.41, 5.74) is 2.78. The normalized spacial score (nSPS) is 14.5. The summed E-state index contributed by atoms with van der Waals surface area (Å²) in [6.07, 6.45) is 4.03. The largest absolute Gasteiger partial charge is 0.340 e. The maximum Gasteiger partial charge on any atom is 0.329 e. The first kappa shape index (κ1) is 24.1. The smallest absolute Gasteiger partial charge is 0.329 e. The third-order valence-corrected chi connectivity index (χ3v) is 7.11. The van der Waals surface area contributed by atoms with Crippen molar-refractivity contribution in [1.29, 1.82) is 0 Å². The van der Waals surface area contributed by atoms with Crippen LogP contribution in [-0.4, -0.2) is 56.7 Å². The first-order valence-electron chi connectivity index (χ1n) is 12.8. The molecule has 3 heterocycles. The summed E-state index contributed by atoms with van der Waals surface area (Å²) in [5, 5.41) is 0. The highest BCUT2D eigenvalue weighted by Gasteiger charge is 2.24. The number of imidazole rings is 1. The van der Waals surface area contributed by atoms with Crippen molar-refractivity contribution in [2.75, 3.05) is 37.6 Å². The van der Waals surface area contributed by atoms with Crippen molar-refractivity contribution in [2.45, 2.75) is 32.2 Å². The molecule has 1 fully saturated rings. The molecule has 188 valence electrons. The van der Waals surface area contributed by atoms with Crippen LogP contribution in [-0.2, 0) is 26.4 Å². The Labute approximate surface area is 210 Å².